The second-order valence-electron chi connectivity index (χ2n) is 4.45. The van der Waals surface area contributed by atoms with Crippen molar-refractivity contribution < 1.29 is 9.53 Å². The first-order valence-corrected chi connectivity index (χ1v) is 5.69. The lowest BCUT2D eigenvalue weighted by atomic mass is 10.0. The molecular formula is C11H22N2O2. The summed E-state index contributed by atoms with van der Waals surface area (Å²) >= 11 is 0. The summed E-state index contributed by atoms with van der Waals surface area (Å²) in [5.74, 6) is 0.0989. The number of esters is 1. The van der Waals surface area contributed by atoms with Gasteiger partial charge in [-0.1, -0.05) is 13.8 Å². The van der Waals surface area contributed by atoms with E-state index >= 15 is 0 Å². The standard InChI is InChI=1S/C11H22N2O2/c1-8(2)10(11(14)15-3)13-7-9-5-4-6-12-9/h8-10,12-13H,4-7H2,1-3H3/t9?,10-/m0/s1. The Hall–Kier alpha value is -0.610. The van der Waals surface area contributed by atoms with Gasteiger partial charge in [0.05, 0.1) is 7.11 Å². The minimum absolute atomic E-state index is 0.164. The first-order valence-electron chi connectivity index (χ1n) is 5.69. The summed E-state index contributed by atoms with van der Waals surface area (Å²) in [4.78, 5) is 11.5. The summed E-state index contributed by atoms with van der Waals surface area (Å²) in [6.45, 7) is 5.99. The average molecular weight is 214 g/mol. The van der Waals surface area contributed by atoms with Crippen LogP contribution >= 0.6 is 0 Å². The molecule has 0 bridgehead atoms. The molecule has 0 aromatic rings. The smallest absolute Gasteiger partial charge is 0.323 e. The third-order valence-electron chi connectivity index (χ3n) is 2.87. The lowest BCUT2D eigenvalue weighted by molar-refractivity contribution is -0.144. The highest BCUT2D eigenvalue weighted by Gasteiger charge is 2.24. The Morgan fingerprint density at radius 3 is 2.80 bits per heavy atom. The molecule has 0 aromatic carbocycles. The van der Waals surface area contributed by atoms with Crippen molar-refractivity contribution in [2.24, 2.45) is 5.92 Å². The molecule has 0 aliphatic carbocycles. The zero-order valence-corrected chi connectivity index (χ0v) is 9.88. The molecule has 1 rings (SSSR count). The van der Waals surface area contributed by atoms with Gasteiger partial charge < -0.3 is 15.4 Å². The average Bonchev–Trinajstić information content (AvgIpc) is 2.70. The maximum Gasteiger partial charge on any atom is 0.323 e. The van der Waals surface area contributed by atoms with E-state index in [1.54, 1.807) is 0 Å². The van der Waals surface area contributed by atoms with E-state index in [9.17, 15) is 4.79 Å². The summed E-state index contributed by atoms with van der Waals surface area (Å²) in [6, 6.07) is 0.327. The lowest BCUT2D eigenvalue weighted by Crippen LogP contribution is -2.46. The number of carbonyl (C=O) groups is 1. The molecule has 0 radical (unpaired) electrons. The van der Waals surface area contributed by atoms with Crippen LogP contribution in [0.15, 0.2) is 0 Å². The number of carbonyl (C=O) groups excluding carboxylic acids is 1. The van der Waals surface area contributed by atoms with Crippen molar-refractivity contribution in [1.82, 2.24) is 10.6 Å². The van der Waals surface area contributed by atoms with Crippen molar-refractivity contribution in [3.05, 3.63) is 0 Å². The maximum absolute atomic E-state index is 11.5. The number of nitrogens with one attached hydrogen (secondary N) is 2. The predicted octanol–water partition coefficient (Wildman–Crippen LogP) is 0.526. The fraction of sp³-hybridized carbons (Fsp3) is 0.909. The third-order valence-corrected chi connectivity index (χ3v) is 2.87. The highest BCUT2D eigenvalue weighted by Crippen LogP contribution is 2.07. The van der Waals surface area contributed by atoms with E-state index in [1.165, 1.54) is 20.0 Å². The van der Waals surface area contributed by atoms with Gasteiger partial charge in [-0.25, -0.2) is 0 Å². The molecule has 1 aliphatic rings. The van der Waals surface area contributed by atoms with Gasteiger partial charge in [-0.15, -0.1) is 0 Å². The zero-order valence-electron chi connectivity index (χ0n) is 9.88. The van der Waals surface area contributed by atoms with E-state index in [2.05, 4.69) is 10.6 Å². The Morgan fingerprint density at radius 2 is 2.33 bits per heavy atom. The molecule has 0 spiro atoms. The van der Waals surface area contributed by atoms with Crippen LogP contribution in [0.1, 0.15) is 26.7 Å². The van der Waals surface area contributed by atoms with Crippen molar-refractivity contribution in [2.75, 3.05) is 20.2 Å². The normalized spacial score (nSPS) is 23.1. The number of methoxy groups -OCH3 is 1. The Balaban J connectivity index is 2.33. The molecule has 4 nitrogen and oxygen atoms in total. The van der Waals surface area contributed by atoms with E-state index in [1.807, 2.05) is 13.8 Å². The van der Waals surface area contributed by atoms with Crippen LogP contribution in [0, 0.1) is 5.92 Å². The molecule has 88 valence electrons. The van der Waals surface area contributed by atoms with Crippen molar-refractivity contribution >= 4 is 5.97 Å². The second-order valence-corrected chi connectivity index (χ2v) is 4.45. The van der Waals surface area contributed by atoms with E-state index < -0.39 is 0 Å². The predicted molar refractivity (Wildman–Crippen MR) is 59.7 cm³/mol. The first kappa shape index (κ1) is 12.5. The molecular weight excluding hydrogens is 192 g/mol. The van der Waals surface area contributed by atoms with Crippen molar-refractivity contribution in [2.45, 2.75) is 38.8 Å². The SMILES string of the molecule is COC(=O)[C@@H](NCC1CCCN1)C(C)C. The van der Waals surface area contributed by atoms with Crippen molar-refractivity contribution in [1.29, 1.82) is 0 Å². The molecule has 1 unspecified atom stereocenters. The number of ether oxygens (including phenoxy) is 1. The topological polar surface area (TPSA) is 50.4 Å². The maximum atomic E-state index is 11.5. The number of hydrogen-bond donors (Lipinski definition) is 2. The highest BCUT2D eigenvalue weighted by molar-refractivity contribution is 5.75. The lowest BCUT2D eigenvalue weighted by Gasteiger charge is -2.21. The molecule has 15 heavy (non-hydrogen) atoms. The molecule has 2 N–H and O–H groups in total. The van der Waals surface area contributed by atoms with E-state index in [4.69, 9.17) is 4.74 Å². The Labute approximate surface area is 91.8 Å². The molecule has 0 amide bonds. The molecule has 2 atom stereocenters. The summed E-state index contributed by atoms with van der Waals surface area (Å²) in [6.07, 6.45) is 2.43. The number of rotatable bonds is 5. The van der Waals surface area contributed by atoms with Crippen molar-refractivity contribution in [3.8, 4) is 0 Å². The van der Waals surface area contributed by atoms with Crippen LogP contribution in [0.2, 0.25) is 0 Å². The molecule has 1 heterocycles. The summed E-state index contributed by atoms with van der Waals surface area (Å²) < 4.78 is 4.77. The fourth-order valence-electron chi connectivity index (χ4n) is 1.92. The van der Waals surface area contributed by atoms with Crippen LogP contribution in [0.25, 0.3) is 0 Å². The summed E-state index contributed by atoms with van der Waals surface area (Å²) in [5.41, 5.74) is 0. The van der Waals surface area contributed by atoms with Crippen LogP contribution in [-0.4, -0.2) is 38.3 Å². The highest BCUT2D eigenvalue weighted by atomic mass is 16.5. The Bertz CT molecular complexity index is 201. The van der Waals surface area contributed by atoms with Gasteiger partial charge in [0.15, 0.2) is 0 Å². The van der Waals surface area contributed by atoms with Gasteiger partial charge in [0.25, 0.3) is 0 Å². The summed E-state index contributed by atoms with van der Waals surface area (Å²) in [7, 11) is 1.44. The third kappa shape index (κ3) is 3.80. The second kappa shape index (κ2) is 6.08. The van der Waals surface area contributed by atoms with E-state index in [0.717, 1.165) is 13.1 Å². The van der Waals surface area contributed by atoms with Crippen LogP contribution < -0.4 is 10.6 Å². The minimum Gasteiger partial charge on any atom is -0.468 e. The molecule has 0 saturated carbocycles. The van der Waals surface area contributed by atoms with Gasteiger partial charge >= 0.3 is 5.97 Å². The zero-order chi connectivity index (χ0) is 11.3. The van der Waals surface area contributed by atoms with E-state index in [-0.39, 0.29) is 17.9 Å². The van der Waals surface area contributed by atoms with E-state index in [0.29, 0.717) is 6.04 Å². The number of hydrogen-bond acceptors (Lipinski definition) is 4. The molecule has 1 aliphatic heterocycles. The largest absolute Gasteiger partial charge is 0.468 e. The van der Waals surface area contributed by atoms with Crippen molar-refractivity contribution in [3.63, 3.8) is 0 Å². The monoisotopic (exact) mass is 214 g/mol. The van der Waals surface area contributed by atoms with Gasteiger partial charge in [-0.05, 0) is 25.3 Å². The molecule has 0 aromatic heterocycles. The molecule has 4 heteroatoms. The minimum atomic E-state index is -0.183. The Kier molecular flexibility index (Phi) is 5.05. The van der Waals surface area contributed by atoms with Gasteiger partial charge in [0.1, 0.15) is 6.04 Å². The summed E-state index contributed by atoms with van der Waals surface area (Å²) in [5, 5.41) is 6.67. The van der Waals surface area contributed by atoms with Gasteiger partial charge in [-0.2, -0.15) is 0 Å². The quantitative estimate of drug-likeness (QED) is 0.655. The van der Waals surface area contributed by atoms with Crippen LogP contribution in [-0.2, 0) is 9.53 Å². The Morgan fingerprint density at radius 1 is 1.60 bits per heavy atom. The van der Waals surface area contributed by atoms with Crippen LogP contribution in [0.4, 0.5) is 0 Å². The van der Waals surface area contributed by atoms with Crippen LogP contribution in [0.3, 0.4) is 0 Å². The van der Waals surface area contributed by atoms with Gasteiger partial charge in [0, 0.05) is 12.6 Å². The molecule has 1 saturated heterocycles. The van der Waals surface area contributed by atoms with Gasteiger partial charge in [0.2, 0.25) is 0 Å². The van der Waals surface area contributed by atoms with Gasteiger partial charge in [-0.3, -0.25) is 4.79 Å². The fourth-order valence-corrected chi connectivity index (χ4v) is 1.92. The first-order chi connectivity index (χ1) is 7.15. The van der Waals surface area contributed by atoms with Crippen LogP contribution in [0.5, 0.6) is 0 Å². The molecule has 1 fully saturated rings.